The van der Waals surface area contributed by atoms with E-state index in [0.29, 0.717) is 42.2 Å². The lowest BCUT2D eigenvalue weighted by Gasteiger charge is -2.33. The lowest BCUT2D eigenvalue weighted by Crippen LogP contribution is -2.44. The summed E-state index contributed by atoms with van der Waals surface area (Å²) in [5.41, 5.74) is 0.334. The summed E-state index contributed by atoms with van der Waals surface area (Å²) in [5.74, 6) is 2.29. The molecule has 3 saturated heterocycles. The molecule has 3 aliphatic heterocycles. The van der Waals surface area contributed by atoms with E-state index < -0.39 is 0 Å². The van der Waals surface area contributed by atoms with Crippen LogP contribution in [-0.4, -0.2) is 78.4 Å². The number of hydrogen-bond donors (Lipinski definition) is 0. The third-order valence-electron chi connectivity index (χ3n) is 6.90. The number of fused-ring (bicyclic) bond motifs is 1. The minimum absolute atomic E-state index is 0.0246. The summed E-state index contributed by atoms with van der Waals surface area (Å²) in [4.78, 5) is 22.4. The first-order chi connectivity index (χ1) is 14.6. The van der Waals surface area contributed by atoms with Gasteiger partial charge in [-0.25, -0.2) is 0 Å². The first-order valence-corrected chi connectivity index (χ1v) is 10.6. The Morgan fingerprint density at radius 1 is 1.23 bits per heavy atom. The number of ether oxygens (including phenoxy) is 2. The molecule has 2 aromatic rings. The third-order valence-corrected chi connectivity index (χ3v) is 6.90. The Balaban J connectivity index is 1.41. The Kier molecular flexibility index (Phi) is 4.99. The van der Waals surface area contributed by atoms with Crippen LogP contribution in [0.3, 0.4) is 0 Å². The third kappa shape index (κ3) is 3.28. The van der Waals surface area contributed by atoms with Crippen LogP contribution in [0.5, 0.6) is 5.75 Å². The van der Waals surface area contributed by atoms with Gasteiger partial charge >= 0.3 is 0 Å². The maximum absolute atomic E-state index is 13.3. The van der Waals surface area contributed by atoms with Gasteiger partial charge in [-0.05, 0) is 38.0 Å². The van der Waals surface area contributed by atoms with Crippen molar-refractivity contribution in [2.24, 2.45) is 5.92 Å². The molecule has 160 valence electrons. The zero-order valence-electron chi connectivity index (χ0n) is 17.5. The maximum Gasteiger partial charge on any atom is 0.254 e. The van der Waals surface area contributed by atoms with E-state index in [9.17, 15) is 4.79 Å². The summed E-state index contributed by atoms with van der Waals surface area (Å²) in [5, 5.41) is 4.06. The van der Waals surface area contributed by atoms with Crippen LogP contribution in [0.2, 0.25) is 0 Å². The number of aryl methyl sites for hydroxylation is 1. The average molecular weight is 412 g/mol. The summed E-state index contributed by atoms with van der Waals surface area (Å²) < 4.78 is 16.5. The van der Waals surface area contributed by atoms with Crippen molar-refractivity contribution in [2.45, 2.75) is 31.2 Å². The SMILES string of the molecule is COc1cccc(C(=O)N2CC3CN(C4CCOCC4)CC3(c3nc(C)no3)C2)c1. The fraction of sp³-hybridized carbons (Fsp3) is 0.591. The molecule has 0 radical (unpaired) electrons. The highest BCUT2D eigenvalue weighted by Crippen LogP contribution is 2.46. The molecule has 8 heteroatoms. The van der Waals surface area contributed by atoms with E-state index in [1.165, 1.54) is 0 Å². The van der Waals surface area contributed by atoms with Crippen LogP contribution in [0.25, 0.3) is 0 Å². The fourth-order valence-corrected chi connectivity index (χ4v) is 5.33. The van der Waals surface area contributed by atoms with E-state index in [-0.39, 0.29) is 17.2 Å². The number of methoxy groups -OCH3 is 1. The van der Waals surface area contributed by atoms with Gasteiger partial charge in [0.2, 0.25) is 5.89 Å². The molecular weight excluding hydrogens is 384 g/mol. The van der Waals surface area contributed by atoms with Gasteiger partial charge in [0.1, 0.15) is 5.75 Å². The van der Waals surface area contributed by atoms with E-state index in [0.717, 1.165) is 39.1 Å². The molecule has 0 bridgehead atoms. The number of carbonyl (C=O) groups is 1. The molecule has 0 saturated carbocycles. The molecule has 8 nitrogen and oxygen atoms in total. The smallest absolute Gasteiger partial charge is 0.254 e. The average Bonchev–Trinajstić information content (AvgIpc) is 3.46. The molecule has 30 heavy (non-hydrogen) atoms. The van der Waals surface area contributed by atoms with E-state index in [4.69, 9.17) is 14.0 Å². The molecule has 5 rings (SSSR count). The van der Waals surface area contributed by atoms with Gasteiger partial charge in [-0.1, -0.05) is 11.2 Å². The Morgan fingerprint density at radius 3 is 2.80 bits per heavy atom. The van der Waals surface area contributed by atoms with Crippen molar-refractivity contribution in [1.29, 1.82) is 0 Å². The summed E-state index contributed by atoms with van der Waals surface area (Å²) in [7, 11) is 1.61. The summed E-state index contributed by atoms with van der Waals surface area (Å²) in [6, 6.07) is 7.87. The van der Waals surface area contributed by atoms with Crippen LogP contribution in [0.4, 0.5) is 0 Å². The number of rotatable bonds is 4. The highest BCUT2D eigenvalue weighted by Gasteiger charge is 2.58. The van der Waals surface area contributed by atoms with Gasteiger partial charge in [0.25, 0.3) is 5.91 Å². The van der Waals surface area contributed by atoms with E-state index >= 15 is 0 Å². The Bertz CT molecular complexity index is 925. The number of benzene rings is 1. The van der Waals surface area contributed by atoms with Crippen LogP contribution in [0.1, 0.15) is 34.9 Å². The minimum atomic E-state index is -0.311. The standard InChI is InChI=1S/C22H28N4O4/c1-15-23-21(30-24-15)22-13-25(18-6-8-29-9-7-18)11-17(22)12-26(14-22)20(27)16-4-3-5-19(10-16)28-2/h3-5,10,17-18H,6-9,11-14H2,1-2H3. The first kappa shape index (κ1) is 19.5. The quantitative estimate of drug-likeness (QED) is 0.759. The van der Waals surface area contributed by atoms with Crippen molar-refractivity contribution in [2.75, 3.05) is 46.5 Å². The minimum Gasteiger partial charge on any atom is -0.497 e. The molecule has 1 aromatic carbocycles. The molecule has 2 atom stereocenters. The monoisotopic (exact) mass is 412 g/mol. The van der Waals surface area contributed by atoms with Gasteiger partial charge in [0, 0.05) is 56.9 Å². The van der Waals surface area contributed by atoms with Crippen LogP contribution >= 0.6 is 0 Å². The van der Waals surface area contributed by atoms with Crippen LogP contribution in [0.15, 0.2) is 28.8 Å². The predicted octanol–water partition coefficient (Wildman–Crippen LogP) is 1.89. The highest BCUT2D eigenvalue weighted by molar-refractivity contribution is 5.95. The summed E-state index contributed by atoms with van der Waals surface area (Å²) in [6.07, 6.45) is 2.11. The first-order valence-electron chi connectivity index (χ1n) is 10.6. The number of amides is 1. The lowest BCUT2D eigenvalue weighted by atomic mass is 9.81. The molecular formula is C22H28N4O4. The van der Waals surface area contributed by atoms with Gasteiger partial charge in [0.05, 0.1) is 12.5 Å². The van der Waals surface area contributed by atoms with Crippen molar-refractivity contribution in [3.8, 4) is 5.75 Å². The predicted molar refractivity (Wildman–Crippen MR) is 109 cm³/mol. The normalized spacial score (nSPS) is 27.4. The molecule has 2 unspecified atom stereocenters. The van der Waals surface area contributed by atoms with Crippen LogP contribution < -0.4 is 4.74 Å². The van der Waals surface area contributed by atoms with Crippen molar-refractivity contribution >= 4 is 5.91 Å². The highest BCUT2D eigenvalue weighted by atomic mass is 16.5. The van der Waals surface area contributed by atoms with E-state index in [1.807, 2.05) is 30.0 Å². The Labute approximate surface area is 176 Å². The number of carbonyl (C=O) groups excluding carboxylic acids is 1. The van der Waals surface area contributed by atoms with Gasteiger partial charge in [-0.2, -0.15) is 4.98 Å². The number of aromatic nitrogens is 2. The van der Waals surface area contributed by atoms with Gasteiger partial charge in [0.15, 0.2) is 5.82 Å². The molecule has 1 aromatic heterocycles. The van der Waals surface area contributed by atoms with Gasteiger partial charge in [-0.15, -0.1) is 0 Å². The topological polar surface area (TPSA) is 80.9 Å². The molecule has 1 amide bonds. The molecule has 0 spiro atoms. The maximum atomic E-state index is 13.3. The largest absolute Gasteiger partial charge is 0.497 e. The van der Waals surface area contributed by atoms with Gasteiger partial charge < -0.3 is 18.9 Å². The molecule has 3 fully saturated rings. The zero-order chi connectivity index (χ0) is 20.7. The Hall–Kier alpha value is -2.45. The van der Waals surface area contributed by atoms with Crippen molar-refractivity contribution in [1.82, 2.24) is 19.9 Å². The number of likely N-dealkylation sites (tertiary alicyclic amines) is 2. The molecule has 3 aliphatic rings. The number of hydrogen-bond acceptors (Lipinski definition) is 7. The van der Waals surface area contributed by atoms with Crippen molar-refractivity contribution in [3.63, 3.8) is 0 Å². The van der Waals surface area contributed by atoms with E-state index in [1.54, 1.807) is 13.2 Å². The van der Waals surface area contributed by atoms with Crippen LogP contribution in [0, 0.1) is 12.8 Å². The second-order valence-electron chi connectivity index (χ2n) is 8.69. The van der Waals surface area contributed by atoms with Crippen molar-refractivity contribution < 1.29 is 18.8 Å². The second kappa shape index (κ2) is 7.67. The molecule has 4 heterocycles. The van der Waals surface area contributed by atoms with Gasteiger partial charge in [-0.3, -0.25) is 9.69 Å². The second-order valence-corrected chi connectivity index (χ2v) is 8.69. The molecule has 0 N–H and O–H groups in total. The summed E-state index contributed by atoms with van der Waals surface area (Å²) >= 11 is 0. The van der Waals surface area contributed by atoms with Crippen LogP contribution in [-0.2, 0) is 10.2 Å². The molecule has 0 aliphatic carbocycles. The number of nitrogens with zero attached hydrogens (tertiary/aromatic N) is 4. The summed E-state index contributed by atoms with van der Waals surface area (Å²) in [6.45, 7) is 6.54. The Morgan fingerprint density at radius 2 is 2.07 bits per heavy atom. The fourth-order valence-electron chi connectivity index (χ4n) is 5.33. The van der Waals surface area contributed by atoms with E-state index in [2.05, 4.69) is 15.0 Å². The lowest BCUT2D eigenvalue weighted by molar-refractivity contribution is 0.0369. The zero-order valence-corrected chi connectivity index (χ0v) is 17.5. The van der Waals surface area contributed by atoms with Crippen molar-refractivity contribution in [3.05, 3.63) is 41.5 Å².